The lowest BCUT2D eigenvalue weighted by Gasteiger charge is -2.46. The van der Waals surface area contributed by atoms with E-state index >= 15 is 8.78 Å². The van der Waals surface area contributed by atoms with Crippen molar-refractivity contribution in [2.45, 2.75) is 83.8 Å². The Kier molecular flexibility index (Phi) is 12.5. The second-order valence-electron chi connectivity index (χ2n) is 9.27. The Morgan fingerprint density at radius 2 is 0.660 bits per heavy atom. The molecule has 0 aliphatic carbocycles. The molecular formula is C19H15F25O5Si. The van der Waals surface area contributed by atoms with Gasteiger partial charge in [0, 0.05) is 21.3 Å². The highest BCUT2D eigenvalue weighted by molar-refractivity contribution is 6.66. The molecule has 0 saturated carbocycles. The molecule has 0 aromatic heterocycles. The Labute approximate surface area is 260 Å². The van der Waals surface area contributed by atoms with Crippen LogP contribution in [0.15, 0.2) is 0 Å². The first-order valence-electron chi connectivity index (χ1n) is 11.6. The van der Waals surface area contributed by atoms with Crippen LogP contribution >= 0.6 is 0 Å². The summed E-state index contributed by atoms with van der Waals surface area (Å²) in [7, 11) is -5.94. The second-order valence-corrected chi connectivity index (χ2v) is 12.3. The van der Waals surface area contributed by atoms with Gasteiger partial charge in [0.1, 0.15) is 0 Å². The minimum absolute atomic E-state index is 0.0767. The number of carbonyl (C=O) groups is 1. The number of hydrogen-bond donors (Lipinski definition) is 0. The van der Waals surface area contributed by atoms with E-state index < -0.39 is 98.2 Å². The van der Waals surface area contributed by atoms with Gasteiger partial charge < -0.3 is 18.0 Å². The van der Waals surface area contributed by atoms with Crippen LogP contribution in [0.3, 0.4) is 0 Å². The van der Waals surface area contributed by atoms with Gasteiger partial charge in [-0.1, -0.05) is 0 Å². The number of alkyl halides is 25. The Balaban J connectivity index is 7.75. The summed E-state index contributed by atoms with van der Waals surface area (Å²) in [5.41, 5.74) is -4.68. The van der Waals surface area contributed by atoms with Crippen LogP contribution in [0.5, 0.6) is 0 Å². The predicted octanol–water partition coefficient (Wildman–Crippen LogP) is 8.35. The van der Waals surface area contributed by atoms with E-state index in [0.717, 1.165) is 0 Å². The lowest BCUT2D eigenvalue weighted by atomic mass is 9.84. The molecule has 0 heterocycles. The van der Waals surface area contributed by atoms with E-state index in [1.165, 1.54) is 0 Å². The van der Waals surface area contributed by atoms with Gasteiger partial charge in [0.25, 0.3) is 0 Å². The van der Waals surface area contributed by atoms with Crippen LogP contribution in [-0.4, -0.2) is 114 Å². The Bertz CT molecular complexity index is 1200. The zero-order chi connectivity index (χ0) is 41.2. The first kappa shape index (κ1) is 47.8. The summed E-state index contributed by atoms with van der Waals surface area (Å²) in [6, 6.07) is 0. The average molecular weight is 826 g/mol. The van der Waals surface area contributed by atoms with E-state index in [1.54, 1.807) is 0 Å². The molecule has 0 aliphatic heterocycles. The molecule has 1 unspecified atom stereocenters. The number of carbonyl (C=O) groups excluding carboxylic acids is 1. The Morgan fingerprint density at radius 3 is 0.860 bits per heavy atom. The standard InChI is InChI=1S/C19H15F25O5Si/c1-5-49-7(45)6(50(46-2,47-3)48-4)8(20,21)9(22,23)10(24,25)11(26,27)12(28,29)13(30,31)14(32,33)15(34,35)16(36,37)17(38,39)18(40,41)19(42,43)44/h6H,5H2,1-4H3. The monoisotopic (exact) mass is 826 g/mol. The lowest BCUT2D eigenvalue weighted by Crippen LogP contribution is -2.78. The van der Waals surface area contributed by atoms with Crippen molar-refractivity contribution in [3.05, 3.63) is 0 Å². The van der Waals surface area contributed by atoms with Crippen LogP contribution in [0, 0.1) is 0 Å². The summed E-state index contributed by atoms with van der Waals surface area (Å²) in [5, 5.41) is 0. The van der Waals surface area contributed by atoms with Gasteiger partial charge in [-0.15, -0.1) is 0 Å². The van der Waals surface area contributed by atoms with Gasteiger partial charge in [-0.25, -0.2) is 0 Å². The van der Waals surface area contributed by atoms with Crippen LogP contribution in [0.1, 0.15) is 6.92 Å². The van der Waals surface area contributed by atoms with Crippen molar-refractivity contribution in [1.29, 1.82) is 0 Å². The topological polar surface area (TPSA) is 54.0 Å². The van der Waals surface area contributed by atoms with Gasteiger partial charge in [0.05, 0.1) is 6.61 Å². The summed E-state index contributed by atoms with van der Waals surface area (Å²) in [6.07, 6.45) is -8.22. The van der Waals surface area contributed by atoms with Gasteiger partial charge in [0.2, 0.25) is 0 Å². The maximum absolute atomic E-state index is 15.0. The van der Waals surface area contributed by atoms with Gasteiger partial charge in [-0.2, -0.15) is 110 Å². The fraction of sp³-hybridized carbons (Fsp3) is 0.947. The molecule has 31 heteroatoms. The van der Waals surface area contributed by atoms with Crippen molar-refractivity contribution in [3.8, 4) is 0 Å². The fourth-order valence-corrected chi connectivity index (χ4v) is 5.69. The molecule has 0 aromatic rings. The zero-order valence-electron chi connectivity index (χ0n) is 23.8. The summed E-state index contributed by atoms with van der Waals surface area (Å²) in [5.74, 6) is -104. The number of rotatable bonds is 17. The van der Waals surface area contributed by atoms with Crippen molar-refractivity contribution in [1.82, 2.24) is 0 Å². The van der Waals surface area contributed by atoms with E-state index in [-0.39, 0.29) is 21.3 Å². The van der Waals surface area contributed by atoms with E-state index in [2.05, 4.69) is 18.0 Å². The van der Waals surface area contributed by atoms with E-state index in [1.807, 2.05) is 0 Å². The van der Waals surface area contributed by atoms with Crippen molar-refractivity contribution in [2.24, 2.45) is 0 Å². The number of halogens is 25. The minimum Gasteiger partial charge on any atom is -0.466 e. The molecule has 0 aliphatic rings. The SMILES string of the molecule is CCOC(=O)C(C(F)(F)C(F)(F)C(F)(F)C(F)(F)C(F)(F)C(F)(F)C(F)(F)C(F)(F)C(F)(F)C(F)(F)C(F)(F)C(F)(F)F)[Si](OC)(OC)OC. The molecule has 0 radical (unpaired) electrons. The molecule has 0 fully saturated rings. The van der Waals surface area contributed by atoms with Crippen molar-refractivity contribution in [2.75, 3.05) is 27.9 Å². The van der Waals surface area contributed by atoms with Gasteiger partial charge in [-0.05, 0) is 6.92 Å². The van der Waals surface area contributed by atoms with Gasteiger partial charge >= 0.3 is 86.1 Å². The van der Waals surface area contributed by atoms with Crippen LogP contribution in [-0.2, 0) is 22.8 Å². The highest BCUT2D eigenvalue weighted by Gasteiger charge is 3.00. The molecule has 50 heavy (non-hydrogen) atoms. The van der Waals surface area contributed by atoms with E-state index in [9.17, 15) is 106 Å². The summed E-state index contributed by atoms with van der Waals surface area (Å²) in [4.78, 5) is 12.1. The molecule has 0 aromatic carbocycles. The summed E-state index contributed by atoms with van der Waals surface area (Å²) < 4.78 is 360. The average Bonchev–Trinajstić information content (AvgIpc) is 2.94. The van der Waals surface area contributed by atoms with Gasteiger partial charge in [-0.3, -0.25) is 4.79 Å². The molecule has 5 nitrogen and oxygen atoms in total. The molecular weight excluding hydrogens is 811 g/mol. The van der Waals surface area contributed by atoms with Gasteiger partial charge in [0.15, 0.2) is 5.54 Å². The third-order valence-electron chi connectivity index (χ3n) is 6.42. The molecule has 0 saturated heterocycles. The second kappa shape index (κ2) is 13.0. The molecule has 1 atom stereocenters. The van der Waals surface area contributed by atoms with E-state index in [0.29, 0.717) is 6.92 Å². The molecule has 0 bridgehead atoms. The van der Waals surface area contributed by atoms with Crippen molar-refractivity contribution in [3.63, 3.8) is 0 Å². The maximum atomic E-state index is 15.0. The molecule has 0 amide bonds. The van der Waals surface area contributed by atoms with Crippen LogP contribution in [0.2, 0.25) is 5.54 Å². The largest absolute Gasteiger partial charge is 0.521 e. The zero-order valence-corrected chi connectivity index (χ0v) is 24.8. The normalized spacial score (nSPS) is 16.8. The summed E-state index contributed by atoms with van der Waals surface area (Å²) in [6.45, 7) is -0.608. The minimum atomic E-state index is -9.72. The van der Waals surface area contributed by atoms with Crippen molar-refractivity contribution < 1.29 is 133 Å². The summed E-state index contributed by atoms with van der Waals surface area (Å²) >= 11 is 0. The predicted molar refractivity (Wildman–Crippen MR) is 108 cm³/mol. The molecule has 300 valence electrons. The highest BCUT2D eigenvalue weighted by Crippen LogP contribution is 2.68. The molecule has 0 spiro atoms. The lowest BCUT2D eigenvalue weighted by molar-refractivity contribution is -0.482. The first-order valence-corrected chi connectivity index (χ1v) is 13.4. The van der Waals surface area contributed by atoms with Crippen LogP contribution < -0.4 is 0 Å². The number of ether oxygens (including phenoxy) is 1. The maximum Gasteiger partial charge on any atom is 0.521 e. The number of esters is 1. The highest BCUT2D eigenvalue weighted by atomic mass is 28.4. The third-order valence-corrected chi connectivity index (χ3v) is 9.43. The fourth-order valence-electron chi connectivity index (χ4n) is 3.49. The first-order chi connectivity index (χ1) is 21.5. The van der Waals surface area contributed by atoms with Crippen LogP contribution in [0.25, 0.3) is 0 Å². The smallest absolute Gasteiger partial charge is 0.466 e. The molecule has 0 N–H and O–H groups in total. The Morgan fingerprint density at radius 1 is 0.440 bits per heavy atom. The number of hydrogen-bond acceptors (Lipinski definition) is 5. The Hall–Kier alpha value is -2.18. The van der Waals surface area contributed by atoms with Crippen LogP contribution in [0.4, 0.5) is 110 Å². The molecule has 0 rings (SSSR count). The van der Waals surface area contributed by atoms with Crippen molar-refractivity contribution >= 4 is 14.8 Å². The third kappa shape index (κ3) is 5.91. The van der Waals surface area contributed by atoms with E-state index in [4.69, 9.17) is 0 Å². The quantitative estimate of drug-likeness (QED) is 0.0840.